The Morgan fingerprint density at radius 3 is 2.22 bits per heavy atom. The molecule has 0 radical (unpaired) electrons. The third kappa shape index (κ3) is 4.28. The van der Waals surface area contributed by atoms with Crippen molar-refractivity contribution in [3.63, 3.8) is 0 Å². The van der Waals surface area contributed by atoms with E-state index in [9.17, 15) is 5.11 Å². The van der Waals surface area contributed by atoms with Gasteiger partial charge in [0, 0.05) is 18.4 Å². The van der Waals surface area contributed by atoms with Crippen LogP contribution in [0.3, 0.4) is 0 Å². The Labute approximate surface area is 164 Å². The van der Waals surface area contributed by atoms with Crippen LogP contribution in [0.25, 0.3) is 0 Å². The first-order valence-corrected chi connectivity index (χ1v) is 10.8. The first-order valence-electron chi connectivity index (χ1n) is 10.8. The molecule has 2 nitrogen and oxygen atoms in total. The van der Waals surface area contributed by atoms with Crippen LogP contribution in [-0.2, 0) is 6.42 Å². The SMILES string of the molecule is OC1(Cc2ccccc2)CCCCC1C(c1ccccc1)N1CCCCC1. The molecule has 1 N–H and O–H groups in total. The predicted octanol–water partition coefficient (Wildman–Crippen LogP) is 5.38. The van der Waals surface area contributed by atoms with Crippen LogP contribution in [-0.4, -0.2) is 28.7 Å². The summed E-state index contributed by atoms with van der Waals surface area (Å²) in [6.45, 7) is 2.33. The molecule has 2 aromatic carbocycles. The fraction of sp³-hybridized carbons (Fsp3) is 0.520. The van der Waals surface area contributed by atoms with Crippen LogP contribution in [0.15, 0.2) is 60.7 Å². The molecule has 0 amide bonds. The Bertz CT molecular complexity index is 695. The van der Waals surface area contributed by atoms with E-state index < -0.39 is 5.60 Å². The van der Waals surface area contributed by atoms with Crippen molar-refractivity contribution in [2.45, 2.75) is 63.0 Å². The molecular weight excluding hydrogens is 330 g/mol. The lowest BCUT2D eigenvalue weighted by Gasteiger charge is -2.49. The number of aliphatic hydroxyl groups is 1. The number of hydrogen-bond acceptors (Lipinski definition) is 2. The van der Waals surface area contributed by atoms with Gasteiger partial charge in [0.05, 0.1) is 5.60 Å². The molecule has 144 valence electrons. The zero-order valence-electron chi connectivity index (χ0n) is 16.4. The van der Waals surface area contributed by atoms with E-state index in [4.69, 9.17) is 0 Å². The Kier molecular flexibility index (Phi) is 5.95. The van der Waals surface area contributed by atoms with Gasteiger partial charge in [0.15, 0.2) is 0 Å². The standard InChI is InChI=1S/C25H33NO/c27-25(20-21-12-4-1-5-13-21)17-9-8-16-23(25)24(22-14-6-2-7-15-22)26-18-10-3-11-19-26/h1-2,4-7,12-15,23-24,27H,3,8-11,16-20H2. The van der Waals surface area contributed by atoms with Gasteiger partial charge in [-0.3, -0.25) is 4.90 Å². The maximum Gasteiger partial charge on any atom is 0.0734 e. The van der Waals surface area contributed by atoms with Gasteiger partial charge in [-0.05, 0) is 49.9 Å². The Morgan fingerprint density at radius 2 is 1.52 bits per heavy atom. The average molecular weight is 364 g/mol. The number of benzene rings is 2. The monoisotopic (exact) mass is 363 g/mol. The molecule has 0 bridgehead atoms. The Balaban J connectivity index is 1.67. The second-order valence-corrected chi connectivity index (χ2v) is 8.57. The molecule has 2 aliphatic rings. The molecule has 2 fully saturated rings. The van der Waals surface area contributed by atoms with Crippen LogP contribution in [0, 0.1) is 5.92 Å². The summed E-state index contributed by atoms with van der Waals surface area (Å²) in [5.74, 6) is 0.298. The third-order valence-corrected chi connectivity index (χ3v) is 6.72. The molecule has 0 aromatic heterocycles. The zero-order chi connectivity index (χ0) is 18.5. The minimum Gasteiger partial charge on any atom is -0.389 e. The van der Waals surface area contributed by atoms with Gasteiger partial charge in [-0.15, -0.1) is 0 Å². The Morgan fingerprint density at radius 1 is 0.852 bits per heavy atom. The van der Waals surface area contributed by atoms with Crippen LogP contribution in [0.4, 0.5) is 0 Å². The average Bonchev–Trinajstić information content (AvgIpc) is 2.72. The zero-order valence-corrected chi connectivity index (χ0v) is 16.4. The van der Waals surface area contributed by atoms with Gasteiger partial charge in [0.25, 0.3) is 0 Å². The van der Waals surface area contributed by atoms with Crippen molar-refractivity contribution >= 4 is 0 Å². The molecule has 1 aliphatic heterocycles. The highest BCUT2D eigenvalue weighted by Gasteiger charge is 2.45. The summed E-state index contributed by atoms with van der Waals surface area (Å²) in [5.41, 5.74) is 2.03. The third-order valence-electron chi connectivity index (χ3n) is 6.72. The maximum atomic E-state index is 11.9. The van der Waals surface area contributed by atoms with Crippen LogP contribution in [0.2, 0.25) is 0 Å². The Hall–Kier alpha value is -1.64. The normalized spacial score (nSPS) is 28.0. The van der Waals surface area contributed by atoms with Crippen molar-refractivity contribution in [3.05, 3.63) is 71.8 Å². The van der Waals surface area contributed by atoms with Crippen LogP contribution >= 0.6 is 0 Å². The van der Waals surface area contributed by atoms with E-state index in [1.165, 1.54) is 36.8 Å². The van der Waals surface area contributed by atoms with Gasteiger partial charge in [0.2, 0.25) is 0 Å². The molecule has 4 rings (SSSR count). The van der Waals surface area contributed by atoms with E-state index in [-0.39, 0.29) is 0 Å². The van der Waals surface area contributed by atoms with Crippen LogP contribution in [0.1, 0.15) is 62.1 Å². The topological polar surface area (TPSA) is 23.5 Å². The molecule has 3 unspecified atom stereocenters. The molecule has 1 saturated heterocycles. The minimum atomic E-state index is -0.614. The van der Waals surface area contributed by atoms with Crippen LogP contribution in [0.5, 0.6) is 0 Å². The molecule has 1 heterocycles. The maximum absolute atomic E-state index is 11.9. The number of hydrogen-bond donors (Lipinski definition) is 1. The lowest BCUT2D eigenvalue weighted by Crippen LogP contribution is -2.50. The van der Waals surface area contributed by atoms with E-state index in [0.717, 1.165) is 38.8 Å². The van der Waals surface area contributed by atoms with Crippen molar-refractivity contribution in [1.82, 2.24) is 4.90 Å². The molecule has 0 spiro atoms. The van der Waals surface area contributed by atoms with E-state index >= 15 is 0 Å². The van der Waals surface area contributed by atoms with Gasteiger partial charge in [-0.25, -0.2) is 0 Å². The number of likely N-dealkylation sites (tertiary alicyclic amines) is 1. The summed E-state index contributed by atoms with van der Waals surface area (Å²) in [7, 11) is 0. The molecular formula is C25H33NO. The van der Waals surface area contributed by atoms with Crippen molar-refractivity contribution in [2.75, 3.05) is 13.1 Å². The molecule has 2 heteroatoms. The number of nitrogens with zero attached hydrogens (tertiary/aromatic N) is 1. The minimum absolute atomic E-state index is 0.298. The van der Waals surface area contributed by atoms with E-state index in [1.807, 2.05) is 0 Å². The summed E-state index contributed by atoms with van der Waals surface area (Å²) in [6.07, 6.45) is 9.11. The fourth-order valence-corrected chi connectivity index (χ4v) is 5.41. The molecule has 2 aromatic rings. The molecule has 1 aliphatic carbocycles. The molecule has 27 heavy (non-hydrogen) atoms. The summed E-state index contributed by atoms with van der Waals surface area (Å²) in [6, 6.07) is 21.9. The molecule has 1 saturated carbocycles. The van der Waals surface area contributed by atoms with Crippen LogP contribution < -0.4 is 0 Å². The number of piperidine rings is 1. The van der Waals surface area contributed by atoms with Gasteiger partial charge >= 0.3 is 0 Å². The number of rotatable bonds is 5. The van der Waals surface area contributed by atoms with Crippen molar-refractivity contribution < 1.29 is 5.11 Å². The quantitative estimate of drug-likeness (QED) is 0.771. The summed E-state index contributed by atoms with van der Waals surface area (Å²) in [4.78, 5) is 2.67. The highest BCUT2D eigenvalue weighted by molar-refractivity contribution is 5.24. The highest BCUT2D eigenvalue weighted by atomic mass is 16.3. The van der Waals surface area contributed by atoms with E-state index in [2.05, 4.69) is 65.6 Å². The smallest absolute Gasteiger partial charge is 0.0734 e. The molecule has 3 atom stereocenters. The second-order valence-electron chi connectivity index (χ2n) is 8.57. The lowest BCUT2D eigenvalue weighted by atomic mass is 9.67. The van der Waals surface area contributed by atoms with E-state index in [1.54, 1.807) is 0 Å². The largest absolute Gasteiger partial charge is 0.389 e. The van der Waals surface area contributed by atoms with E-state index in [0.29, 0.717) is 12.0 Å². The van der Waals surface area contributed by atoms with Gasteiger partial charge in [0.1, 0.15) is 0 Å². The summed E-state index contributed by atoms with van der Waals surface area (Å²) < 4.78 is 0. The van der Waals surface area contributed by atoms with Crippen molar-refractivity contribution in [1.29, 1.82) is 0 Å². The summed E-state index contributed by atoms with van der Waals surface area (Å²) >= 11 is 0. The van der Waals surface area contributed by atoms with Crippen molar-refractivity contribution in [2.24, 2.45) is 5.92 Å². The first-order chi connectivity index (χ1) is 13.3. The van der Waals surface area contributed by atoms with Gasteiger partial charge in [-0.1, -0.05) is 79.9 Å². The predicted molar refractivity (Wildman–Crippen MR) is 112 cm³/mol. The van der Waals surface area contributed by atoms with Gasteiger partial charge in [-0.2, -0.15) is 0 Å². The lowest BCUT2D eigenvalue weighted by molar-refractivity contribution is -0.0857. The van der Waals surface area contributed by atoms with Gasteiger partial charge < -0.3 is 5.11 Å². The fourth-order valence-electron chi connectivity index (χ4n) is 5.41. The first kappa shape index (κ1) is 18.7. The highest BCUT2D eigenvalue weighted by Crippen LogP contribution is 2.46. The second kappa shape index (κ2) is 8.58. The summed E-state index contributed by atoms with van der Waals surface area (Å²) in [5, 5.41) is 11.9. The van der Waals surface area contributed by atoms with Crippen molar-refractivity contribution in [3.8, 4) is 0 Å².